The van der Waals surface area contributed by atoms with Crippen LogP contribution in [0.5, 0.6) is 0 Å². The van der Waals surface area contributed by atoms with Crippen LogP contribution < -0.4 is 10.6 Å². The Morgan fingerprint density at radius 2 is 2.10 bits per heavy atom. The van der Waals surface area contributed by atoms with Crippen molar-refractivity contribution in [2.24, 2.45) is 0 Å². The van der Waals surface area contributed by atoms with E-state index in [4.69, 9.17) is 17.3 Å². The minimum Gasteiger partial charge on any atom is -0.399 e. The number of halogens is 1. The van der Waals surface area contributed by atoms with Crippen LogP contribution in [0.4, 0.5) is 11.5 Å². The number of hydrogen-bond acceptors (Lipinski definition) is 5. The van der Waals surface area contributed by atoms with Crippen molar-refractivity contribution in [3.63, 3.8) is 0 Å². The van der Waals surface area contributed by atoms with Gasteiger partial charge in [0.05, 0.1) is 5.39 Å². The Hall–Kier alpha value is -1.85. The predicted molar refractivity (Wildman–Crippen MR) is 90.1 cm³/mol. The molecule has 0 aliphatic carbocycles. The molecule has 0 spiro atoms. The van der Waals surface area contributed by atoms with Crippen LogP contribution in [-0.2, 0) is 6.54 Å². The summed E-state index contributed by atoms with van der Waals surface area (Å²) in [6.45, 7) is 2.72. The molecule has 0 unspecified atom stereocenters. The first-order chi connectivity index (χ1) is 10.0. The van der Waals surface area contributed by atoms with Crippen molar-refractivity contribution in [2.75, 3.05) is 17.7 Å². The van der Waals surface area contributed by atoms with Crippen LogP contribution in [0.1, 0.15) is 10.4 Å². The molecule has 6 heteroatoms. The van der Waals surface area contributed by atoms with E-state index < -0.39 is 0 Å². The number of nitrogens with two attached hydrogens (primary N) is 1. The Kier molecular flexibility index (Phi) is 3.69. The van der Waals surface area contributed by atoms with Gasteiger partial charge in [0.15, 0.2) is 0 Å². The monoisotopic (exact) mass is 318 g/mol. The molecule has 21 heavy (non-hydrogen) atoms. The van der Waals surface area contributed by atoms with Crippen LogP contribution in [0.25, 0.3) is 10.2 Å². The number of aryl methyl sites for hydroxylation is 1. The van der Waals surface area contributed by atoms with Crippen LogP contribution in [-0.4, -0.2) is 17.0 Å². The van der Waals surface area contributed by atoms with Crippen LogP contribution in [0, 0.1) is 6.92 Å². The summed E-state index contributed by atoms with van der Waals surface area (Å²) in [7, 11) is 1.99. The summed E-state index contributed by atoms with van der Waals surface area (Å²) >= 11 is 7.91. The number of nitrogens with zero attached hydrogens (tertiary/aromatic N) is 3. The van der Waals surface area contributed by atoms with E-state index in [9.17, 15) is 0 Å². The van der Waals surface area contributed by atoms with Crippen molar-refractivity contribution in [1.29, 1.82) is 0 Å². The molecule has 0 aliphatic rings. The molecule has 4 nitrogen and oxygen atoms in total. The Balaban J connectivity index is 1.97. The summed E-state index contributed by atoms with van der Waals surface area (Å²) in [6.07, 6.45) is 1.60. The van der Waals surface area contributed by atoms with Crippen LogP contribution >= 0.6 is 22.9 Å². The second kappa shape index (κ2) is 5.50. The Morgan fingerprint density at radius 3 is 2.90 bits per heavy atom. The summed E-state index contributed by atoms with van der Waals surface area (Å²) in [5.74, 6) is 0.905. The second-order valence-electron chi connectivity index (χ2n) is 4.98. The second-order valence-corrected chi connectivity index (χ2v) is 6.62. The topological polar surface area (TPSA) is 55.0 Å². The van der Waals surface area contributed by atoms with Crippen LogP contribution in [0.2, 0.25) is 5.02 Å². The van der Waals surface area contributed by atoms with E-state index in [0.29, 0.717) is 17.3 Å². The van der Waals surface area contributed by atoms with E-state index in [1.807, 2.05) is 19.2 Å². The molecule has 3 rings (SSSR count). The van der Waals surface area contributed by atoms with E-state index in [-0.39, 0.29) is 0 Å². The molecule has 0 amide bonds. The third kappa shape index (κ3) is 2.80. The molecule has 0 fully saturated rings. The number of anilines is 2. The summed E-state index contributed by atoms with van der Waals surface area (Å²) in [4.78, 5) is 13.0. The molecule has 0 radical (unpaired) electrons. The minimum absolute atomic E-state index is 0.644. The quantitative estimate of drug-likeness (QED) is 0.745. The number of thiophene rings is 1. The highest BCUT2D eigenvalue weighted by molar-refractivity contribution is 7.18. The van der Waals surface area contributed by atoms with E-state index in [2.05, 4.69) is 27.9 Å². The lowest BCUT2D eigenvalue weighted by molar-refractivity contribution is 0.901. The highest BCUT2D eigenvalue weighted by Gasteiger charge is 2.12. The highest BCUT2D eigenvalue weighted by atomic mass is 35.5. The molecule has 3 aromatic rings. The molecule has 2 N–H and O–H groups in total. The predicted octanol–water partition coefficient (Wildman–Crippen LogP) is 3.87. The highest BCUT2D eigenvalue weighted by Crippen LogP contribution is 2.30. The number of fused-ring (bicyclic) bond motifs is 1. The zero-order valence-corrected chi connectivity index (χ0v) is 13.4. The van der Waals surface area contributed by atoms with Gasteiger partial charge >= 0.3 is 0 Å². The first kappa shape index (κ1) is 14.1. The lowest BCUT2D eigenvalue weighted by atomic mass is 10.2. The zero-order valence-electron chi connectivity index (χ0n) is 11.8. The fraction of sp³-hybridized carbons (Fsp3) is 0.200. The molecule has 0 saturated heterocycles. The number of nitrogen functional groups attached to an aromatic ring is 1. The number of benzene rings is 1. The van der Waals surface area contributed by atoms with Gasteiger partial charge in [0, 0.05) is 29.2 Å². The van der Waals surface area contributed by atoms with Crippen LogP contribution in [0.15, 0.2) is 30.6 Å². The molecule has 2 aromatic heterocycles. The average Bonchev–Trinajstić information content (AvgIpc) is 2.82. The number of aromatic nitrogens is 2. The Bertz CT molecular complexity index is 799. The molecule has 0 aliphatic heterocycles. The van der Waals surface area contributed by atoms with Crippen molar-refractivity contribution in [2.45, 2.75) is 13.5 Å². The Morgan fingerprint density at radius 1 is 1.29 bits per heavy atom. The first-order valence-corrected chi connectivity index (χ1v) is 7.70. The van der Waals surface area contributed by atoms with E-state index in [1.54, 1.807) is 23.7 Å². The molecular weight excluding hydrogens is 304 g/mol. The van der Waals surface area contributed by atoms with E-state index >= 15 is 0 Å². The van der Waals surface area contributed by atoms with Gasteiger partial charge in [-0.1, -0.05) is 11.6 Å². The SMILES string of the molecule is Cc1cc2c(N(C)Cc3cc(N)ccc3Cl)ncnc2s1. The molecule has 0 saturated carbocycles. The third-order valence-corrected chi connectivity index (χ3v) is 4.60. The lowest BCUT2D eigenvalue weighted by Gasteiger charge is -2.19. The van der Waals surface area contributed by atoms with Gasteiger partial charge in [-0.2, -0.15) is 0 Å². The average molecular weight is 319 g/mol. The van der Waals surface area contributed by atoms with Gasteiger partial charge in [0.1, 0.15) is 17.0 Å². The largest absolute Gasteiger partial charge is 0.399 e. The molecule has 0 bridgehead atoms. The number of hydrogen-bond donors (Lipinski definition) is 1. The van der Waals surface area contributed by atoms with E-state index in [0.717, 1.165) is 21.6 Å². The standard InChI is InChI=1S/C15H15ClN4S/c1-9-5-12-14(18-8-19-15(12)21-9)20(2)7-10-6-11(17)3-4-13(10)16/h3-6,8H,7,17H2,1-2H3. The smallest absolute Gasteiger partial charge is 0.140 e. The van der Waals surface area contributed by atoms with Gasteiger partial charge in [-0.3, -0.25) is 0 Å². The summed E-state index contributed by atoms with van der Waals surface area (Å²) in [6, 6.07) is 7.64. The van der Waals surface area contributed by atoms with Gasteiger partial charge < -0.3 is 10.6 Å². The molecular formula is C15H15ClN4S. The normalized spacial score (nSPS) is 11.0. The molecule has 0 atom stereocenters. The van der Waals surface area contributed by atoms with Gasteiger partial charge in [-0.05, 0) is 36.8 Å². The third-order valence-electron chi connectivity index (χ3n) is 3.27. The zero-order chi connectivity index (χ0) is 15.0. The number of rotatable bonds is 3. The summed E-state index contributed by atoms with van der Waals surface area (Å²) < 4.78 is 0. The van der Waals surface area contributed by atoms with Crippen LogP contribution in [0.3, 0.4) is 0 Å². The molecule has 1 aromatic carbocycles. The van der Waals surface area contributed by atoms with Crippen molar-refractivity contribution < 1.29 is 0 Å². The summed E-state index contributed by atoms with van der Waals surface area (Å²) in [5, 5.41) is 1.78. The van der Waals surface area contributed by atoms with Crippen molar-refractivity contribution >= 4 is 44.7 Å². The molecule has 108 valence electrons. The lowest BCUT2D eigenvalue weighted by Crippen LogP contribution is -2.18. The van der Waals surface area contributed by atoms with E-state index in [1.165, 1.54) is 4.88 Å². The fourth-order valence-electron chi connectivity index (χ4n) is 2.31. The van der Waals surface area contributed by atoms with Crippen molar-refractivity contribution in [1.82, 2.24) is 9.97 Å². The maximum Gasteiger partial charge on any atom is 0.140 e. The fourth-order valence-corrected chi connectivity index (χ4v) is 3.33. The molecule has 2 heterocycles. The first-order valence-electron chi connectivity index (χ1n) is 6.51. The van der Waals surface area contributed by atoms with Gasteiger partial charge in [0.2, 0.25) is 0 Å². The van der Waals surface area contributed by atoms with Crippen molar-refractivity contribution in [3.05, 3.63) is 46.1 Å². The van der Waals surface area contributed by atoms with Gasteiger partial charge in [-0.25, -0.2) is 9.97 Å². The minimum atomic E-state index is 0.644. The van der Waals surface area contributed by atoms with Gasteiger partial charge in [0.25, 0.3) is 0 Å². The summed E-state index contributed by atoms with van der Waals surface area (Å²) in [5.41, 5.74) is 7.53. The maximum absolute atomic E-state index is 6.24. The maximum atomic E-state index is 6.24. The Labute approximate surface area is 132 Å². The van der Waals surface area contributed by atoms with Crippen molar-refractivity contribution in [3.8, 4) is 0 Å². The van der Waals surface area contributed by atoms with Gasteiger partial charge in [-0.15, -0.1) is 11.3 Å².